The molecule has 2 N–H and O–H groups in total. The van der Waals surface area contributed by atoms with Crippen molar-refractivity contribution in [3.63, 3.8) is 0 Å². The highest BCUT2D eigenvalue weighted by atomic mass is 16.6. The maximum atomic E-state index is 12.0. The fourth-order valence-corrected chi connectivity index (χ4v) is 1.28. The third-order valence-corrected chi connectivity index (χ3v) is 1.94. The number of nitrogens with zero attached hydrogens (tertiary/aromatic N) is 2. The normalized spacial score (nSPS) is 12.8. The van der Waals surface area contributed by atoms with Gasteiger partial charge in [0.1, 0.15) is 11.2 Å². The Kier molecular flexibility index (Phi) is 6.66. The molecular formula is C14H27N3O4. The van der Waals surface area contributed by atoms with Crippen LogP contribution in [0, 0.1) is 0 Å². The van der Waals surface area contributed by atoms with Gasteiger partial charge in [-0.3, -0.25) is 0 Å². The average molecular weight is 301 g/mol. The van der Waals surface area contributed by atoms with Crippen molar-refractivity contribution in [2.75, 3.05) is 6.54 Å². The minimum absolute atomic E-state index is 0.236. The fourth-order valence-electron chi connectivity index (χ4n) is 1.28. The molecule has 0 rings (SSSR count). The van der Waals surface area contributed by atoms with E-state index in [1.54, 1.807) is 41.5 Å². The van der Waals surface area contributed by atoms with E-state index in [9.17, 15) is 9.59 Å². The predicted molar refractivity (Wildman–Crippen MR) is 81.1 cm³/mol. The number of rotatable bonds is 2. The molecule has 21 heavy (non-hydrogen) atoms. The van der Waals surface area contributed by atoms with Gasteiger partial charge >= 0.3 is 12.2 Å². The van der Waals surface area contributed by atoms with Gasteiger partial charge in [0.15, 0.2) is 0 Å². The molecule has 0 bridgehead atoms. The van der Waals surface area contributed by atoms with Gasteiger partial charge in [-0.15, -0.1) is 4.99 Å². The predicted octanol–water partition coefficient (Wildman–Crippen LogP) is 2.88. The summed E-state index contributed by atoms with van der Waals surface area (Å²) in [6.07, 6.45) is -0.845. The molecule has 0 spiro atoms. The second kappa shape index (κ2) is 7.28. The summed E-state index contributed by atoms with van der Waals surface area (Å²) in [7, 11) is 0. The van der Waals surface area contributed by atoms with Gasteiger partial charge in [-0.05, 0) is 48.0 Å². The minimum Gasteiger partial charge on any atom is -0.443 e. The molecule has 0 aliphatic carbocycles. The van der Waals surface area contributed by atoms with Crippen molar-refractivity contribution in [1.82, 2.24) is 4.90 Å². The van der Waals surface area contributed by atoms with E-state index >= 15 is 0 Å². The molecule has 0 aromatic heterocycles. The zero-order valence-corrected chi connectivity index (χ0v) is 14.0. The molecule has 7 nitrogen and oxygen atoms in total. The summed E-state index contributed by atoms with van der Waals surface area (Å²) in [5, 5.41) is 0. The molecule has 0 atom stereocenters. The molecule has 0 fully saturated rings. The van der Waals surface area contributed by atoms with Crippen molar-refractivity contribution in [2.45, 2.75) is 66.1 Å². The number of ether oxygens (including phenoxy) is 2. The third kappa shape index (κ3) is 8.88. The van der Waals surface area contributed by atoms with Crippen LogP contribution in [0.1, 0.15) is 54.9 Å². The van der Waals surface area contributed by atoms with Crippen molar-refractivity contribution < 1.29 is 19.1 Å². The molecule has 0 unspecified atom stereocenters. The largest absolute Gasteiger partial charge is 0.443 e. The second-order valence-corrected chi connectivity index (χ2v) is 6.58. The summed E-state index contributed by atoms with van der Waals surface area (Å²) >= 11 is 0. The molecule has 7 heteroatoms. The molecule has 0 aromatic carbocycles. The monoisotopic (exact) mass is 301 g/mol. The Bertz CT molecular complexity index is 405. The van der Waals surface area contributed by atoms with Crippen LogP contribution in [-0.4, -0.2) is 40.8 Å². The van der Waals surface area contributed by atoms with E-state index in [2.05, 4.69) is 4.99 Å². The first-order valence-corrected chi connectivity index (χ1v) is 6.93. The fraction of sp³-hybridized carbons (Fsp3) is 0.786. The minimum atomic E-state index is -0.843. The molecule has 0 aromatic rings. The van der Waals surface area contributed by atoms with Gasteiger partial charge in [0.25, 0.3) is 0 Å². The number of carbonyl (C=O) groups is 2. The summed E-state index contributed by atoms with van der Waals surface area (Å²) in [5.74, 6) is -0.236. The first-order valence-electron chi connectivity index (χ1n) is 6.93. The highest BCUT2D eigenvalue weighted by Crippen LogP contribution is 2.11. The zero-order chi connectivity index (χ0) is 16.8. The van der Waals surface area contributed by atoms with Gasteiger partial charge < -0.3 is 15.2 Å². The maximum Gasteiger partial charge on any atom is 0.437 e. The van der Waals surface area contributed by atoms with Gasteiger partial charge in [0.2, 0.25) is 5.96 Å². The number of carbonyl (C=O) groups excluding carboxylic acids is 2. The summed E-state index contributed by atoms with van der Waals surface area (Å²) in [5.41, 5.74) is 4.38. The highest BCUT2D eigenvalue weighted by molar-refractivity contribution is 5.98. The van der Waals surface area contributed by atoms with Crippen LogP contribution in [0.25, 0.3) is 0 Å². The molecule has 0 aliphatic rings. The first kappa shape index (κ1) is 19.2. The average Bonchev–Trinajstić information content (AvgIpc) is 2.19. The highest BCUT2D eigenvalue weighted by Gasteiger charge is 2.25. The van der Waals surface area contributed by atoms with E-state index in [-0.39, 0.29) is 5.96 Å². The topological polar surface area (TPSA) is 94.2 Å². The van der Waals surface area contributed by atoms with Gasteiger partial charge in [-0.1, -0.05) is 6.92 Å². The molecular weight excluding hydrogens is 274 g/mol. The van der Waals surface area contributed by atoms with Crippen molar-refractivity contribution in [2.24, 2.45) is 10.7 Å². The summed E-state index contributed by atoms with van der Waals surface area (Å²) in [6, 6.07) is 0. The number of amides is 2. The Morgan fingerprint density at radius 2 is 1.52 bits per heavy atom. The number of aliphatic imine (C=N–C) groups is 1. The van der Waals surface area contributed by atoms with Crippen LogP contribution in [0.3, 0.4) is 0 Å². The molecule has 0 aliphatic heterocycles. The number of hydrogen-bond acceptors (Lipinski definition) is 4. The smallest absolute Gasteiger partial charge is 0.437 e. The molecule has 0 heterocycles. The quantitative estimate of drug-likeness (QED) is 0.625. The first-order chi connectivity index (χ1) is 9.35. The molecule has 0 radical (unpaired) electrons. The van der Waals surface area contributed by atoms with Crippen LogP contribution in [-0.2, 0) is 9.47 Å². The SMILES string of the molecule is CCCN(C(=O)OC(C)(C)C)C(N)=NC(=O)OC(C)(C)C. The lowest BCUT2D eigenvalue weighted by atomic mass is 10.2. The molecule has 122 valence electrons. The van der Waals surface area contributed by atoms with E-state index in [0.29, 0.717) is 13.0 Å². The van der Waals surface area contributed by atoms with Crippen LogP contribution in [0.5, 0.6) is 0 Å². The lowest BCUT2D eigenvalue weighted by Gasteiger charge is -2.26. The summed E-state index contributed by atoms with van der Waals surface area (Å²) in [6.45, 7) is 12.6. The van der Waals surface area contributed by atoms with Crippen LogP contribution >= 0.6 is 0 Å². The van der Waals surface area contributed by atoms with E-state index in [1.807, 2.05) is 6.92 Å². The molecule has 2 amide bonds. The van der Waals surface area contributed by atoms with Crippen molar-refractivity contribution >= 4 is 18.1 Å². The van der Waals surface area contributed by atoms with Gasteiger partial charge in [0, 0.05) is 6.54 Å². The summed E-state index contributed by atoms with van der Waals surface area (Å²) in [4.78, 5) is 28.4. The van der Waals surface area contributed by atoms with Crippen LogP contribution in [0.2, 0.25) is 0 Å². The number of guanidine groups is 1. The second-order valence-electron chi connectivity index (χ2n) is 6.58. The van der Waals surface area contributed by atoms with Crippen LogP contribution in [0.4, 0.5) is 9.59 Å². The number of nitrogens with two attached hydrogens (primary N) is 1. The Hall–Kier alpha value is -1.79. The van der Waals surface area contributed by atoms with Gasteiger partial charge in [-0.25, -0.2) is 14.5 Å². The Morgan fingerprint density at radius 3 is 1.90 bits per heavy atom. The zero-order valence-electron chi connectivity index (χ0n) is 14.0. The van der Waals surface area contributed by atoms with Crippen LogP contribution < -0.4 is 5.73 Å². The van der Waals surface area contributed by atoms with E-state index in [1.165, 1.54) is 0 Å². The molecule has 0 saturated heterocycles. The van der Waals surface area contributed by atoms with E-state index < -0.39 is 23.4 Å². The standard InChI is InChI=1S/C14H27N3O4/c1-8-9-17(12(19)21-14(5,6)7)10(15)16-11(18)20-13(2,3)4/h8-9H2,1-7H3,(H2,15,16,18). The van der Waals surface area contributed by atoms with Crippen molar-refractivity contribution in [3.8, 4) is 0 Å². The van der Waals surface area contributed by atoms with E-state index in [0.717, 1.165) is 4.90 Å². The maximum absolute atomic E-state index is 12.0. The Balaban J connectivity index is 5.02. The summed E-state index contributed by atoms with van der Waals surface area (Å²) < 4.78 is 10.3. The Morgan fingerprint density at radius 1 is 1.05 bits per heavy atom. The number of hydrogen-bond donors (Lipinski definition) is 1. The van der Waals surface area contributed by atoms with Gasteiger partial charge in [-0.2, -0.15) is 0 Å². The van der Waals surface area contributed by atoms with Gasteiger partial charge in [0.05, 0.1) is 0 Å². The van der Waals surface area contributed by atoms with Crippen molar-refractivity contribution in [3.05, 3.63) is 0 Å². The third-order valence-electron chi connectivity index (χ3n) is 1.94. The Labute approximate surface area is 126 Å². The molecule has 0 saturated carbocycles. The lowest BCUT2D eigenvalue weighted by Crippen LogP contribution is -2.45. The van der Waals surface area contributed by atoms with Crippen LogP contribution in [0.15, 0.2) is 4.99 Å². The van der Waals surface area contributed by atoms with Crippen molar-refractivity contribution in [1.29, 1.82) is 0 Å². The van der Waals surface area contributed by atoms with E-state index in [4.69, 9.17) is 15.2 Å². The lowest BCUT2D eigenvalue weighted by molar-refractivity contribution is 0.0366.